The van der Waals surface area contributed by atoms with Gasteiger partial charge in [0, 0.05) is 5.56 Å². The predicted molar refractivity (Wildman–Crippen MR) is 63.1 cm³/mol. The molecular weight excluding hydrogens is 192 g/mol. The van der Waals surface area contributed by atoms with Crippen LogP contribution in [0.1, 0.15) is 29.8 Å². The zero-order chi connectivity index (χ0) is 10.4. The summed E-state index contributed by atoms with van der Waals surface area (Å²) in [7, 11) is 0. The highest BCUT2D eigenvalue weighted by Crippen LogP contribution is 2.10. The second kappa shape index (κ2) is 5.86. The van der Waals surface area contributed by atoms with Gasteiger partial charge in [-0.1, -0.05) is 32.0 Å². The second-order valence-electron chi connectivity index (χ2n) is 3.11. The smallest absolute Gasteiger partial charge is 0.172 e. The first kappa shape index (κ1) is 11.3. The largest absolute Gasteiger partial charge is 0.293 e. The predicted octanol–water partition coefficient (Wildman–Crippen LogP) is 3.18. The Morgan fingerprint density at radius 3 is 2.79 bits per heavy atom. The summed E-state index contributed by atoms with van der Waals surface area (Å²) in [5, 5.41) is 0. The number of carbonyl (C=O) groups is 1. The van der Waals surface area contributed by atoms with Crippen LogP contribution in [0.3, 0.4) is 0 Å². The molecule has 76 valence electrons. The number of hydrogen-bond donors (Lipinski definition) is 0. The van der Waals surface area contributed by atoms with Gasteiger partial charge in [0.25, 0.3) is 0 Å². The van der Waals surface area contributed by atoms with Crippen molar-refractivity contribution < 1.29 is 4.79 Å². The molecule has 0 aliphatic heterocycles. The van der Waals surface area contributed by atoms with Crippen molar-refractivity contribution >= 4 is 17.5 Å². The highest BCUT2D eigenvalue weighted by Gasteiger charge is 2.04. The van der Waals surface area contributed by atoms with Crippen LogP contribution in [-0.2, 0) is 6.42 Å². The minimum atomic E-state index is 0.243. The number of rotatable bonds is 5. The minimum absolute atomic E-state index is 0.243. The summed E-state index contributed by atoms with van der Waals surface area (Å²) in [6, 6.07) is 7.92. The zero-order valence-corrected chi connectivity index (χ0v) is 9.56. The lowest BCUT2D eigenvalue weighted by atomic mass is 10.1. The molecule has 1 rings (SSSR count). The Balaban J connectivity index is 2.69. The maximum absolute atomic E-state index is 11.7. The van der Waals surface area contributed by atoms with Crippen molar-refractivity contribution in [3.63, 3.8) is 0 Å². The molecule has 1 aromatic carbocycles. The van der Waals surface area contributed by atoms with Crippen LogP contribution in [0, 0.1) is 0 Å². The fraction of sp³-hybridized carbons (Fsp3) is 0.417. The second-order valence-corrected chi connectivity index (χ2v) is 4.39. The van der Waals surface area contributed by atoms with E-state index < -0.39 is 0 Å². The molecule has 0 saturated heterocycles. The number of Topliss-reactive ketones (excluding diaryl/α,β-unsaturated/α-hetero) is 1. The van der Waals surface area contributed by atoms with Crippen molar-refractivity contribution in [3.8, 4) is 0 Å². The van der Waals surface area contributed by atoms with E-state index in [0.717, 1.165) is 17.7 Å². The number of hydrogen-bond acceptors (Lipinski definition) is 2. The van der Waals surface area contributed by atoms with E-state index in [2.05, 4.69) is 19.9 Å². The van der Waals surface area contributed by atoms with Crippen LogP contribution in [0.15, 0.2) is 24.3 Å². The van der Waals surface area contributed by atoms with E-state index in [-0.39, 0.29) is 5.78 Å². The molecule has 0 fully saturated rings. The van der Waals surface area contributed by atoms with Crippen LogP contribution in [0.4, 0.5) is 0 Å². The van der Waals surface area contributed by atoms with Gasteiger partial charge in [-0.25, -0.2) is 0 Å². The summed E-state index contributed by atoms with van der Waals surface area (Å²) >= 11 is 1.67. The Hall–Kier alpha value is -0.760. The lowest BCUT2D eigenvalue weighted by molar-refractivity contribution is 0.102. The van der Waals surface area contributed by atoms with Crippen molar-refractivity contribution in [2.45, 2.75) is 20.3 Å². The van der Waals surface area contributed by atoms with Crippen molar-refractivity contribution in [1.29, 1.82) is 0 Å². The number of thioether (sulfide) groups is 1. The average molecular weight is 208 g/mol. The van der Waals surface area contributed by atoms with Crippen molar-refractivity contribution in [3.05, 3.63) is 35.4 Å². The van der Waals surface area contributed by atoms with Crippen LogP contribution >= 0.6 is 11.8 Å². The average Bonchev–Trinajstić information content (AvgIpc) is 2.26. The van der Waals surface area contributed by atoms with Gasteiger partial charge in [0.15, 0.2) is 5.78 Å². The molecule has 0 aliphatic rings. The topological polar surface area (TPSA) is 17.1 Å². The van der Waals surface area contributed by atoms with Crippen LogP contribution < -0.4 is 0 Å². The number of benzene rings is 1. The third-order valence-corrected chi connectivity index (χ3v) is 2.97. The van der Waals surface area contributed by atoms with Gasteiger partial charge in [-0.3, -0.25) is 4.79 Å². The summed E-state index contributed by atoms with van der Waals surface area (Å²) in [6.07, 6.45) is 0.988. The van der Waals surface area contributed by atoms with Crippen molar-refractivity contribution in [1.82, 2.24) is 0 Å². The molecule has 0 amide bonds. The highest BCUT2D eigenvalue weighted by molar-refractivity contribution is 7.99. The quantitative estimate of drug-likeness (QED) is 0.691. The van der Waals surface area contributed by atoms with E-state index in [1.165, 1.54) is 5.56 Å². The van der Waals surface area contributed by atoms with Crippen LogP contribution in [0.2, 0.25) is 0 Å². The molecule has 2 heteroatoms. The molecule has 1 nitrogen and oxygen atoms in total. The monoisotopic (exact) mass is 208 g/mol. The van der Waals surface area contributed by atoms with E-state index in [1.807, 2.05) is 18.2 Å². The highest BCUT2D eigenvalue weighted by atomic mass is 32.2. The van der Waals surface area contributed by atoms with E-state index in [1.54, 1.807) is 11.8 Å². The molecule has 0 heterocycles. The van der Waals surface area contributed by atoms with Gasteiger partial charge in [-0.15, -0.1) is 0 Å². The maximum Gasteiger partial charge on any atom is 0.172 e. The Morgan fingerprint density at radius 1 is 1.36 bits per heavy atom. The molecule has 0 N–H and O–H groups in total. The molecular formula is C12H16OS. The van der Waals surface area contributed by atoms with Gasteiger partial charge in [-0.2, -0.15) is 11.8 Å². The fourth-order valence-electron chi connectivity index (χ4n) is 1.24. The zero-order valence-electron chi connectivity index (χ0n) is 8.75. The summed E-state index contributed by atoms with van der Waals surface area (Å²) in [6.45, 7) is 4.17. The third kappa shape index (κ3) is 3.18. The minimum Gasteiger partial charge on any atom is -0.293 e. The third-order valence-electron chi connectivity index (χ3n) is 2.09. The molecule has 0 spiro atoms. The van der Waals surface area contributed by atoms with Gasteiger partial charge in [-0.05, 0) is 23.8 Å². The molecule has 0 unspecified atom stereocenters. The van der Waals surface area contributed by atoms with Gasteiger partial charge < -0.3 is 0 Å². The number of ketones is 1. The first-order valence-corrected chi connectivity index (χ1v) is 6.13. The van der Waals surface area contributed by atoms with Gasteiger partial charge >= 0.3 is 0 Å². The molecule has 0 radical (unpaired) electrons. The molecule has 14 heavy (non-hydrogen) atoms. The SMILES string of the molecule is CCSCC(=O)c1cccc(CC)c1. The Bertz CT molecular complexity index is 307. The summed E-state index contributed by atoms with van der Waals surface area (Å²) in [5.74, 6) is 1.84. The Kier molecular flexibility index (Phi) is 4.74. The lowest BCUT2D eigenvalue weighted by Crippen LogP contribution is -2.03. The summed E-state index contributed by atoms with van der Waals surface area (Å²) < 4.78 is 0. The molecule has 0 aliphatic carbocycles. The normalized spacial score (nSPS) is 10.1. The maximum atomic E-state index is 11.7. The van der Waals surface area contributed by atoms with Crippen LogP contribution in [0.5, 0.6) is 0 Å². The van der Waals surface area contributed by atoms with Crippen LogP contribution in [0.25, 0.3) is 0 Å². The van der Waals surface area contributed by atoms with Gasteiger partial charge in [0.05, 0.1) is 5.75 Å². The fourth-order valence-corrected chi connectivity index (χ4v) is 1.80. The van der Waals surface area contributed by atoms with Crippen molar-refractivity contribution in [2.75, 3.05) is 11.5 Å². The summed E-state index contributed by atoms with van der Waals surface area (Å²) in [4.78, 5) is 11.7. The first-order valence-electron chi connectivity index (χ1n) is 4.97. The van der Waals surface area contributed by atoms with Crippen molar-refractivity contribution in [2.24, 2.45) is 0 Å². The molecule has 0 bridgehead atoms. The van der Waals surface area contributed by atoms with Gasteiger partial charge in [0.1, 0.15) is 0 Å². The molecule has 0 atom stereocenters. The molecule has 0 aromatic heterocycles. The van der Waals surface area contributed by atoms with E-state index >= 15 is 0 Å². The van der Waals surface area contributed by atoms with E-state index in [9.17, 15) is 4.79 Å². The molecule has 1 aromatic rings. The van der Waals surface area contributed by atoms with Gasteiger partial charge in [0.2, 0.25) is 0 Å². The Morgan fingerprint density at radius 2 is 2.14 bits per heavy atom. The molecule has 0 saturated carbocycles. The summed E-state index contributed by atoms with van der Waals surface area (Å²) in [5.41, 5.74) is 2.09. The van der Waals surface area contributed by atoms with E-state index in [0.29, 0.717) is 5.75 Å². The standard InChI is InChI=1S/C12H16OS/c1-3-10-6-5-7-11(8-10)12(13)9-14-4-2/h5-8H,3-4,9H2,1-2H3. The number of carbonyl (C=O) groups excluding carboxylic acids is 1. The first-order chi connectivity index (χ1) is 6.77. The van der Waals surface area contributed by atoms with Crippen LogP contribution in [-0.4, -0.2) is 17.3 Å². The Labute approximate surface area is 89.9 Å². The van der Waals surface area contributed by atoms with E-state index in [4.69, 9.17) is 0 Å². The lowest BCUT2D eigenvalue weighted by Gasteiger charge is -2.02. The number of aryl methyl sites for hydroxylation is 1.